The molecule has 0 spiro atoms. The van der Waals surface area contributed by atoms with Crippen molar-refractivity contribution in [2.24, 2.45) is 0 Å². The van der Waals surface area contributed by atoms with E-state index >= 15 is 0 Å². The predicted molar refractivity (Wildman–Crippen MR) is 86.1 cm³/mol. The molecule has 122 valence electrons. The van der Waals surface area contributed by atoms with E-state index in [0.717, 1.165) is 36.8 Å². The fraction of sp³-hybridized carbons (Fsp3) is 0.667. The van der Waals surface area contributed by atoms with E-state index in [0.29, 0.717) is 11.8 Å². The number of hydrogen-bond acceptors (Lipinski definition) is 3. The van der Waals surface area contributed by atoms with Crippen LogP contribution >= 0.6 is 0 Å². The smallest absolute Gasteiger partial charge is 0.124 e. The molecule has 0 unspecified atom stereocenters. The summed E-state index contributed by atoms with van der Waals surface area (Å²) in [6, 6.07) is 5.48. The minimum absolute atomic E-state index is 0.0175. The summed E-state index contributed by atoms with van der Waals surface area (Å²) in [5, 5.41) is 0. The van der Waals surface area contributed by atoms with Crippen molar-refractivity contribution >= 4 is 10.1 Å². The van der Waals surface area contributed by atoms with Crippen molar-refractivity contribution in [1.29, 1.82) is 0 Å². The molecule has 0 radical (unpaired) electrons. The molecule has 3 rings (SSSR count). The molecule has 2 fully saturated rings. The van der Waals surface area contributed by atoms with Gasteiger partial charge in [-0.1, -0.05) is 44.6 Å². The zero-order valence-electron chi connectivity index (χ0n) is 13.1. The first-order valence-electron chi connectivity index (χ1n) is 8.65. The Balaban J connectivity index is 1.97. The lowest BCUT2D eigenvalue weighted by Gasteiger charge is -2.27. The van der Waals surface area contributed by atoms with E-state index in [1.54, 1.807) is 12.1 Å². The first-order chi connectivity index (χ1) is 10.5. The van der Waals surface area contributed by atoms with Crippen molar-refractivity contribution < 1.29 is 13.0 Å². The van der Waals surface area contributed by atoms with Gasteiger partial charge in [0.2, 0.25) is 0 Å². The van der Waals surface area contributed by atoms with Gasteiger partial charge in [0, 0.05) is 0 Å². The maximum absolute atomic E-state index is 11.5. The molecule has 0 amide bonds. The lowest BCUT2D eigenvalue weighted by molar-refractivity contribution is 0.432. The molecular weight excluding hydrogens is 296 g/mol. The minimum Gasteiger partial charge on any atom is -0.744 e. The Morgan fingerprint density at radius 3 is 1.50 bits per heavy atom. The lowest BCUT2D eigenvalue weighted by atomic mass is 9.80. The Labute approximate surface area is 133 Å². The van der Waals surface area contributed by atoms with E-state index in [2.05, 4.69) is 6.07 Å². The average Bonchev–Trinajstić information content (AvgIpc) is 2.55. The van der Waals surface area contributed by atoms with Crippen LogP contribution in [0.1, 0.15) is 87.2 Å². The average molecular weight is 321 g/mol. The molecule has 4 heteroatoms. The third-order valence-electron chi connectivity index (χ3n) is 5.39. The zero-order valence-corrected chi connectivity index (χ0v) is 13.9. The van der Waals surface area contributed by atoms with Gasteiger partial charge in [0.25, 0.3) is 0 Å². The van der Waals surface area contributed by atoms with Crippen LogP contribution in [0.3, 0.4) is 0 Å². The first kappa shape index (κ1) is 16.0. The second-order valence-electron chi connectivity index (χ2n) is 6.96. The molecule has 2 aliphatic rings. The summed E-state index contributed by atoms with van der Waals surface area (Å²) in [6.07, 6.45) is 11.8. The molecule has 0 aliphatic heterocycles. The summed E-state index contributed by atoms with van der Waals surface area (Å²) in [4.78, 5) is -0.0175. The van der Waals surface area contributed by atoms with Gasteiger partial charge < -0.3 is 4.55 Å². The standard InChI is InChI=1S/C18H26O3S/c19-22(20,21)18-12-16(14-7-3-1-4-8-14)11-17(13-18)15-9-5-2-6-10-15/h11-15H,1-10H2,(H,19,20,21)/p-1. The highest BCUT2D eigenvalue weighted by Crippen LogP contribution is 2.38. The molecule has 1 aromatic rings. The molecule has 2 saturated carbocycles. The fourth-order valence-corrected chi connectivity index (χ4v) is 4.69. The van der Waals surface area contributed by atoms with Crippen LogP contribution in [0.25, 0.3) is 0 Å². The van der Waals surface area contributed by atoms with E-state index in [1.165, 1.54) is 38.5 Å². The Morgan fingerprint density at radius 1 is 0.727 bits per heavy atom. The predicted octanol–water partition coefficient (Wildman–Crippen LogP) is 4.69. The molecule has 0 bridgehead atoms. The van der Waals surface area contributed by atoms with E-state index in [4.69, 9.17) is 0 Å². The first-order valence-corrected chi connectivity index (χ1v) is 10.1. The second kappa shape index (κ2) is 6.71. The van der Waals surface area contributed by atoms with Gasteiger partial charge in [0.1, 0.15) is 10.1 Å². The van der Waals surface area contributed by atoms with Gasteiger partial charge in [-0.2, -0.15) is 0 Å². The van der Waals surface area contributed by atoms with Gasteiger partial charge in [-0.25, -0.2) is 8.42 Å². The van der Waals surface area contributed by atoms with Crippen LogP contribution in [0, 0.1) is 0 Å². The summed E-state index contributed by atoms with van der Waals surface area (Å²) in [5.74, 6) is 0.857. The Bertz CT molecular complexity index is 573. The highest BCUT2D eigenvalue weighted by Gasteiger charge is 2.21. The summed E-state index contributed by atoms with van der Waals surface area (Å²) >= 11 is 0. The summed E-state index contributed by atoms with van der Waals surface area (Å²) in [7, 11) is -4.38. The topological polar surface area (TPSA) is 57.2 Å². The van der Waals surface area contributed by atoms with E-state index in [1.807, 2.05) is 0 Å². The van der Waals surface area contributed by atoms with E-state index < -0.39 is 10.1 Å². The van der Waals surface area contributed by atoms with Crippen molar-refractivity contribution in [2.45, 2.75) is 80.9 Å². The molecular formula is C18H25O3S-. The summed E-state index contributed by atoms with van der Waals surface area (Å²) in [6.45, 7) is 0. The van der Waals surface area contributed by atoms with Gasteiger partial charge >= 0.3 is 0 Å². The van der Waals surface area contributed by atoms with E-state index in [-0.39, 0.29) is 4.90 Å². The maximum atomic E-state index is 11.5. The maximum Gasteiger partial charge on any atom is 0.124 e. The van der Waals surface area contributed by atoms with Crippen LogP contribution in [0.5, 0.6) is 0 Å². The van der Waals surface area contributed by atoms with Crippen LogP contribution in [-0.2, 0) is 10.1 Å². The SMILES string of the molecule is O=S(=O)([O-])c1cc(C2CCCCC2)cc(C2CCCCC2)c1. The third kappa shape index (κ3) is 3.72. The molecule has 3 nitrogen and oxygen atoms in total. The Morgan fingerprint density at radius 2 is 1.14 bits per heavy atom. The highest BCUT2D eigenvalue weighted by atomic mass is 32.2. The number of benzene rings is 1. The van der Waals surface area contributed by atoms with Crippen LogP contribution in [-0.4, -0.2) is 13.0 Å². The van der Waals surface area contributed by atoms with Gasteiger partial charge in [0.05, 0.1) is 4.90 Å². The lowest BCUT2D eigenvalue weighted by Crippen LogP contribution is -2.10. The zero-order chi connectivity index (χ0) is 15.6. The van der Waals surface area contributed by atoms with Crippen molar-refractivity contribution in [3.8, 4) is 0 Å². The van der Waals surface area contributed by atoms with Crippen molar-refractivity contribution in [3.05, 3.63) is 29.3 Å². The molecule has 0 atom stereocenters. The van der Waals surface area contributed by atoms with Gasteiger partial charge in [-0.3, -0.25) is 0 Å². The number of hydrogen-bond donors (Lipinski definition) is 0. The monoisotopic (exact) mass is 321 g/mol. The highest BCUT2D eigenvalue weighted by molar-refractivity contribution is 7.85. The number of rotatable bonds is 3. The van der Waals surface area contributed by atoms with E-state index in [9.17, 15) is 13.0 Å². The van der Waals surface area contributed by atoms with Gasteiger partial charge in [-0.15, -0.1) is 0 Å². The van der Waals surface area contributed by atoms with Crippen LogP contribution in [0.2, 0.25) is 0 Å². The Hall–Kier alpha value is -0.870. The van der Waals surface area contributed by atoms with Crippen molar-refractivity contribution in [1.82, 2.24) is 0 Å². The molecule has 2 aliphatic carbocycles. The summed E-state index contributed by atoms with van der Waals surface area (Å²) in [5.41, 5.74) is 2.16. The van der Waals surface area contributed by atoms with Gasteiger partial charge in [-0.05, 0) is 60.8 Å². The Kier molecular flexibility index (Phi) is 4.88. The second-order valence-corrected chi connectivity index (χ2v) is 8.34. The van der Waals surface area contributed by atoms with Gasteiger partial charge in [0.15, 0.2) is 0 Å². The largest absolute Gasteiger partial charge is 0.744 e. The molecule has 0 N–H and O–H groups in total. The molecule has 1 aromatic carbocycles. The third-order valence-corrected chi connectivity index (χ3v) is 6.21. The van der Waals surface area contributed by atoms with Crippen molar-refractivity contribution in [2.75, 3.05) is 0 Å². The quantitative estimate of drug-likeness (QED) is 0.759. The molecule has 0 heterocycles. The molecule has 0 aromatic heterocycles. The summed E-state index contributed by atoms with van der Waals surface area (Å²) < 4.78 is 34.6. The molecule has 0 saturated heterocycles. The van der Waals surface area contributed by atoms with Crippen LogP contribution in [0.4, 0.5) is 0 Å². The van der Waals surface area contributed by atoms with Crippen LogP contribution < -0.4 is 0 Å². The van der Waals surface area contributed by atoms with Crippen LogP contribution in [0.15, 0.2) is 23.1 Å². The minimum atomic E-state index is -4.38. The molecule has 22 heavy (non-hydrogen) atoms. The van der Waals surface area contributed by atoms with Crippen molar-refractivity contribution in [3.63, 3.8) is 0 Å². The fourth-order valence-electron chi connectivity index (χ4n) is 4.13. The normalized spacial score (nSPS) is 21.9.